The molecule has 4 atom stereocenters. The van der Waals surface area contributed by atoms with Gasteiger partial charge in [0.1, 0.15) is 14.3 Å². The van der Waals surface area contributed by atoms with Crippen LogP contribution in [-0.4, -0.2) is 67.3 Å². The van der Waals surface area contributed by atoms with Crippen LogP contribution in [0, 0.1) is 5.92 Å². The van der Waals surface area contributed by atoms with Crippen molar-refractivity contribution in [3.8, 4) is 0 Å². The molecule has 0 bridgehead atoms. The van der Waals surface area contributed by atoms with Gasteiger partial charge >= 0.3 is 5.97 Å². The molecule has 2 amide bonds. The van der Waals surface area contributed by atoms with E-state index in [-0.39, 0.29) is 19.6 Å². The smallest absolute Gasteiger partial charge is 0.348 e. The van der Waals surface area contributed by atoms with Crippen molar-refractivity contribution in [1.82, 2.24) is 10.0 Å². The predicted octanol–water partition coefficient (Wildman–Crippen LogP) is 1.44. The summed E-state index contributed by atoms with van der Waals surface area (Å²) >= 11 is 45.7. The first-order valence-corrected chi connectivity index (χ1v) is 11.4. The Kier molecular flexibility index (Phi) is 8.22. The van der Waals surface area contributed by atoms with Crippen molar-refractivity contribution < 1.29 is 18.6 Å². The molecule has 2 aliphatic rings. The fraction of sp³-hybridized carbons (Fsp3) is 0.417. The molecule has 0 N–H and O–H groups in total. The van der Waals surface area contributed by atoms with Gasteiger partial charge in [-0.3, -0.25) is 9.59 Å². The molecule has 2 saturated heterocycles. The number of rotatable bonds is 2. The molecule has 2 aliphatic heterocycles. The second kappa shape index (κ2) is 9.16. The summed E-state index contributed by atoms with van der Waals surface area (Å²) in [5.41, 5.74) is 0. The minimum absolute atomic E-state index is 0.0471. The van der Waals surface area contributed by atoms with Gasteiger partial charge in [-0.1, -0.05) is 48.9 Å². The molecular formula is C12H10N2O4S10. The second-order valence-electron chi connectivity index (χ2n) is 5.55. The number of carbonyl (C=O) groups excluding carboxylic acids is 3. The van der Waals surface area contributed by atoms with Crippen LogP contribution < -0.4 is 0 Å². The number of thiol groups is 6. The van der Waals surface area contributed by atoms with E-state index in [1.54, 1.807) is 0 Å². The minimum atomic E-state index is -1.59. The van der Waals surface area contributed by atoms with Gasteiger partial charge in [-0.15, -0.1) is 0 Å². The van der Waals surface area contributed by atoms with Crippen molar-refractivity contribution >= 4 is 162 Å². The number of carbonyl (C=O) groups is 3. The standard InChI is InChI=1S/C12H10N2O4S10/c15-8-1(12(25,26)27)3(19)5(21)6(22)9(16)14-10(24)7(23)4(20)2(13(8)14)11(17)18-28/h1-2,5,7,21,23,25-28H. The van der Waals surface area contributed by atoms with E-state index >= 15 is 0 Å². The molecule has 4 unspecified atom stereocenters. The van der Waals surface area contributed by atoms with Gasteiger partial charge in [0.2, 0.25) is 0 Å². The lowest BCUT2D eigenvalue weighted by Crippen LogP contribution is -2.72. The van der Waals surface area contributed by atoms with Crippen LogP contribution in [0.15, 0.2) is 0 Å². The van der Waals surface area contributed by atoms with Crippen LogP contribution in [0.25, 0.3) is 0 Å². The van der Waals surface area contributed by atoms with E-state index in [9.17, 15) is 14.4 Å². The van der Waals surface area contributed by atoms with Gasteiger partial charge in [-0.2, -0.15) is 63.1 Å². The van der Waals surface area contributed by atoms with E-state index in [4.69, 9.17) is 48.9 Å². The first kappa shape index (κ1) is 25.1. The summed E-state index contributed by atoms with van der Waals surface area (Å²) in [6.45, 7) is 0. The van der Waals surface area contributed by atoms with Gasteiger partial charge in [0, 0.05) is 22.6 Å². The van der Waals surface area contributed by atoms with Crippen LogP contribution in [0.5, 0.6) is 0 Å². The van der Waals surface area contributed by atoms with E-state index in [0.29, 0.717) is 0 Å². The maximum Gasteiger partial charge on any atom is 0.348 e. The third-order valence-electron chi connectivity index (χ3n) is 3.82. The Hall–Kier alpha value is 0.870. The lowest BCUT2D eigenvalue weighted by molar-refractivity contribution is -0.162. The number of hydrogen-bond acceptors (Lipinski definition) is 14. The molecule has 28 heavy (non-hydrogen) atoms. The summed E-state index contributed by atoms with van der Waals surface area (Å²) in [4.78, 5) is 38.3. The molecule has 6 nitrogen and oxygen atoms in total. The molecule has 0 spiro atoms. The summed E-state index contributed by atoms with van der Waals surface area (Å²) in [7, 11) is 0. The lowest BCUT2D eigenvalue weighted by atomic mass is 9.96. The third kappa shape index (κ3) is 4.27. The number of nitrogens with zero attached hydrogens (tertiary/aromatic N) is 2. The maximum atomic E-state index is 13.5. The van der Waals surface area contributed by atoms with Crippen LogP contribution in [0.3, 0.4) is 0 Å². The molecule has 0 saturated carbocycles. The highest BCUT2D eigenvalue weighted by atomic mass is 32.2. The Morgan fingerprint density at radius 2 is 1.54 bits per heavy atom. The van der Waals surface area contributed by atoms with E-state index in [0.717, 1.165) is 10.0 Å². The lowest BCUT2D eigenvalue weighted by Gasteiger charge is -2.48. The fourth-order valence-corrected chi connectivity index (χ4v) is 5.52. The van der Waals surface area contributed by atoms with Crippen LogP contribution >= 0.6 is 125 Å². The Morgan fingerprint density at radius 3 is 2.00 bits per heavy atom. The summed E-state index contributed by atoms with van der Waals surface area (Å²) in [5, 5.41) is -0.556. The van der Waals surface area contributed by atoms with Crippen LogP contribution in [0.4, 0.5) is 0 Å². The number of hydrogen-bond donors (Lipinski definition) is 6. The number of hydrazine groups is 1. The monoisotopic (exact) mass is 566 g/mol. The molecule has 0 aromatic carbocycles. The quantitative estimate of drug-likeness (QED) is 0.130. The molecule has 0 aliphatic carbocycles. The van der Waals surface area contributed by atoms with Crippen molar-refractivity contribution in [2.24, 2.45) is 5.92 Å². The topological polar surface area (TPSA) is 66.9 Å². The molecule has 16 heteroatoms. The zero-order valence-electron chi connectivity index (χ0n) is 13.2. The van der Waals surface area contributed by atoms with E-state index in [1.807, 2.05) is 0 Å². The summed E-state index contributed by atoms with van der Waals surface area (Å²) < 4.78 is 2.87. The Balaban J connectivity index is 2.80. The number of thiocarbonyl (C=S) groups is 4. The first-order valence-electron chi connectivity index (χ1n) is 6.98. The average Bonchev–Trinajstić information content (AvgIpc) is 2.61. The largest absolute Gasteiger partial charge is 0.393 e. The Labute approximate surface area is 214 Å². The fourth-order valence-electron chi connectivity index (χ4n) is 2.54. The average molecular weight is 567 g/mol. The maximum absolute atomic E-state index is 13.5. The normalized spacial score (nSPS) is 29.5. The van der Waals surface area contributed by atoms with E-state index in [2.05, 4.69) is 80.2 Å². The summed E-state index contributed by atoms with van der Waals surface area (Å²) in [6.07, 6.45) is 0. The zero-order chi connectivity index (χ0) is 21.7. The van der Waals surface area contributed by atoms with Gasteiger partial charge in [0.05, 0.1) is 15.4 Å². The van der Waals surface area contributed by atoms with Gasteiger partial charge in [-0.05, 0) is 0 Å². The summed E-state index contributed by atoms with van der Waals surface area (Å²) in [6, 6.07) is -1.54. The van der Waals surface area contributed by atoms with E-state index in [1.165, 1.54) is 0 Å². The van der Waals surface area contributed by atoms with E-state index < -0.39 is 43.7 Å². The van der Waals surface area contributed by atoms with Gasteiger partial charge in [0.15, 0.2) is 6.04 Å². The molecule has 152 valence electrons. The zero-order valence-corrected chi connectivity index (χ0v) is 21.8. The number of fused-ring (bicyclic) bond motifs is 1. The molecular weight excluding hydrogens is 557 g/mol. The summed E-state index contributed by atoms with van der Waals surface area (Å²) in [5.74, 6) is -4.07. The predicted molar refractivity (Wildman–Crippen MR) is 142 cm³/mol. The van der Waals surface area contributed by atoms with Crippen molar-refractivity contribution in [3.63, 3.8) is 0 Å². The van der Waals surface area contributed by atoms with Crippen molar-refractivity contribution in [1.29, 1.82) is 0 Å². The van der Waals surface area contributed by atoms with Crippen molar-refractivity contribution in [2.45, 2.75) is 20.0 Å². The van der Waals surface area contributed by atoms with Crippen LogP contribution in [-0.2, 0) is 18.6 Å². The molecule has 2 rings (SSSR count). The van der Waals surface area contributed by atoms with Crippen LogP contribution in [0.1, 0.15) is 0 Å². The van der Waals surface area contributed by atoms with Gasteiger partial charge < -0.3 is 4.18 Å². The Morgan fingerprint density at radius 1 is 1.00 bits per heavy atom. The van der Waals surface area contributed by atoms with Gasteiger partial charge in [0.25, 0.3) is 11.8 Å². The third-order valence-corrected chi connectivity index (χ3v) is 8.28. The highest BCUT2D eigenvalue weighted by Gasteiger charge is 2.56. The highest BCUT2D eigenvalue weighted by molar-refractivity contribution is 8.17. The second-order valence-corrected chi connectivity index (χ2v) is 11.7. The van der Waals surface area contributed by atoms with Gasteiger partial charge in [-0.25, -0.2) is 14.8 Å². The SMILES string of the molecule is O=C(OS)C1C(=S)C(S)C(=S)N2C(=O)C(=S)C(S)C(=S)C(C(S)(S)S)C(=O)N12. The van der Waals surface area contributed by atoms with Crippen molar-refractivity contribution in [2.75, 3.05) is 0 Å². The minimum Gasteiger partial charge on any atom is -0.393 e. The molecule has 2 heterocycles. The molecule has 0 aromatic heterocycles. The van der Waals surface area contributed by atoms with Crippen LogP contribution in [0.2, 0.25) is 0 Å². The molecule has 2 fully saturated rings. The molecule has 0 aromatic rings. The van der Waals surface area contributed by atoms with Crippen molar-refractivity contribution in [3.05, 3.63) is 0 Å². The first-order chi connectivity index (χ1) is 12.8. The highest BCUT2D eigenvalue weighted by Crippen LogP contribution is 2.40. The molecule has 0 radical (unpaired) electrons. The Bertz CT molecular complexity index is 824. The number of amides is 2.